The van der Waals surface area contributed by atoms with Gasteiger partial charge in [0, 0.05) is 12.6 Å². The molecule has 122 valence electrons. The summed E-state index contributed by atoms with van der Waals surface area (Å²) in [6.07, 6.45) is 3.28. The molecule has 0 spiro atoms. The highest BCUT2D eigenvalue weighted by Gasteiger charge is 2.23. The summed E-state index contributed by atoms with van der Waals surface area (Å²) in [5.74, 6) is 0.0478. The summed E-state index contributed by atoms with van der Waals surface area (Å²) in [7, 11) is 0. The van der Waals surface area contributed by atoms with E-state index in [1.807, 2.05) is 4.90 Å². The van der Waals surface area contributed by atoms with Gasteiger partial charge in [-0.2, -0.15) is 0 Å². The maximum atomic E-state index is 13.7. The highest BCUT2D eigenvalue weighted by molar-refractivity contribution is 7.99. The molecular formula is C16H18FN3O2S. The van der Waals surface area contributed by atoms with Crippen LogP contribution in [0.2, 0.25) is 0 Å². The third kappa shape index (κ3) is 3.72. The zero-order chi connectivity index (χ0) is 16.2. The molecule has 1 amide bonds. The molecule has 2 aromatic rings. The van der Waals surface area contributed by atoms with Crippen molar-refractivity contribution in [3.63, 3.8) is 0 Å². The summed E-state index contributed by atoms with van der Waals surface area (Å²) < 4.78 is 19.1. The minimum absolute atomic E-state index is 0.0767. The summed E-state index contributed by atoms with van der Waals surface area (Å²) in [5, 5.41) is 8.01. The van der Waals surface area contributed by atoms with Gasteiger partial charge in [-0.1, -0.05) is 23.9 Å². The summed E-state index contributed by atoms with van der Waals surface area (Å²) in [6.45, 7) is 2.88. The lowest BCUT2D eigenvalue weighted by Crippen LogP contribution is -2.42. The van der Waals surface area contributed by atoms with Crippen molar-refractivity contribution in [1.82, 2.24) is 15.1 Å². The van der Waals surface area contributed by atoms with Gasteiger partial charge in [0.15, 0.2) is 0 Å². The topological polar surface area (TPSA) is 59.2 Å². The number of aromatic nitrogens is 2. The standard InChI is InChI=1S/C16H18FN3O2S/c1-11-6-4-5-9-20(11)14(21)10-23-16-19-18-15(22-16)12-7-2-3-8-13(12)17/h2-3,7-8,11H,4-6,9-10H2,1H3/t11-/m1/s1. The minimum Gasteiger partial charge on any atom is -0.411 e. The molecule has 0 N–H and O–H groups in total. The number of rotatable bonds is 4. The minimum atomic E-state index is -0.411. The van der Waals surface area contributed by atoms with Gasteiger partial charge in [0.05, 0.1) is 11.3 Å². The molecular weight excluding hydrogens is 317 g/mol. The second-order valence-corrected chi connectivity index (χ2v) is 6.50. The highest BCUT2D eigenvalue weighted by Crippen LogP contribution is 2.26. The van der Waals surface area contributed by atoms with Crippen molar-refractivity contribution in [2.24, 2.45) is 0 Å². The van der Waals surface area contributed by atoms with Gasteiger partial charge in [-0.05, 0) is 38.3 Å². The first-order valence-electron chi connectivity index (χ1n) is 7.66. The Morgan fingerprint density at radius 2 is 2.22 bits per heavy atom. The van der Waals surface area contributed by atoms with Gasteiger partial charge in [0.2, 0.25) is 5.91 Å². The average Bonchev–Trinajstić information content (AvgIpc) is 3.02. The predicted molar refractivity (Wildman–Crippen MR) is 85.4 cm³/mol. The molecule has 1 atom stereocenters. The Morgan fingerprint density at radius 1 is 1.39 bits per heavy atom. The van der Waals surface area contributed by atoms with Gasteiger partial charge in [-0.15, -0.1) is 10.2 Å². The van der Waals surface area contributed by atoms with E-state index in [2.05, 4.69) is 17.1 Å². The Morgan fingerprint density at radius 3 is 3.00 bits per heavy atom. The number of amides is 1. The fraction of sp³-hybridized carbons (Fsp3) is 0.438. The van der Waals surface area contributed by atoms with Crippen LogP contribution < -0.4 is 0 Å². The van der Waals surface area contributed by atoms with Crippen LogP contribution in [0.1, 0.15) is 26.2 Å². The Kier molecular flexibility index (Phi) is 4.95. The van der Waals surface area contributed by atoms with Crippen LogP contribution in [0.3, 0.4) is 0 Å². The van der Waals surface area contributed by atoms with E-state index >= 15 is 0 Å². The fourth-order valence-electron chi connectivity index (χ4n) is 2.69. The number of carbonyl (C=O) groups excluding carboxylic acids is 1. The maximum absolute atomic E-state index is 13.7. The van der Waals surface area contributed by atoms with E-state index < -0.39 is 5.82 Å². The molecule has 1 aliphatic heterocycles. The summed E-state index contributed by atoms with van der Waals surface area (Å²) >= 11 is 1.19. The second kappa shape index (κ2) is 7.12. The zero-order valence-electron chi connectivity index (χ0n) is 12.9. The molecule has 0 radical (unpaired) electrons. The van der Waals surface area contributed by atoms with Crippen molar-refractivity contribution in [2.45, 2.75) is 37.5 Å². The van der Waals surface area contributed by atoms with E-state index in [9.17, 15) is 9.18 Å². The molecule has 3 rings (SSSR count). The second-order valence-electron chi connectivity index (χ2n) is 5.57. The molecule has 1 aromatic carbocycles. The van der Waals surface area contributed by atoms with Crippen molar-refractivity contribution in [2.75, 3.05) is 12.3 Å². The molecule has 1 saturated heterocycles. The Bertz CT molecular complexity index is 691. The van der Waals surface area contributed by atoms with Gasteiger partial charge in [0.25, 0.3) is 11.1 Å². The summed E-state index contributed by atoms with van der Waals surface area (Å²) in [4.78, 5) is 14.2. The van der Waals surface area contributed by atoms with Gasteiger partial charge in [0.1, 0.15) is 5.82 Å². The van der Waals surface area contributed by atoms with Gasteiger partial charge < -0.3 is 9.32 Å². The van der Waals surface area contributed by atoms with Gasteiger partial charge in [-0.3, -0.25) is 4.79 Å². The quantitative estimate of drug-likeness (QED) is 0.802. The summed E-state index contributed by atoms with van der Waals surface area (Å²) in [6, 6.07) is 6.51. The van der Waals surface area contributed by atoms with Crippen LogP contribution in [0, 0.1) is 5.82 Å². The molecule has 5 nitrogen and oxygen atoms in total. The number of thioether (sulfide) groups is 1. The van der Waals surface area contributed by atoms with E-state index in [1.54, 1.807) is 18.2 Å². The van der Waals surface area contributed by atoms with Crippen LogP contribution in [-0.4, -0.2) is 39.3 Å². The predicted octanol–water partition coefficient (Wildman–Crippen LogP) is 3.37. The number of carbonyl (C=O) groups is 1. The molecule has 0 aliphatic carbocycles. The van der Waals surface area contributed by atoms with Crippen molar-refractivity contribution in [1.29, 1.82) is 0 Å². The zero-order valence-corrected chi connectivity index (χ0v) is 13.7. The number of piperidine rings is 1. The first kappa shape index (κ1) is 16.0. The fourth-order valence-corrected chi connectivity index (χ4v) is 3.34. The lowest BCUT2D eigenvalue weighted by atomic mass is 10.0. The molecule has 0 saturated carbocycles. The van der Waals surface area contributed by atoms with E-state index in [1.165, 1.54) is 24.2 Å². The largest absolute Gasteiger partial charge is 0.411 e. The van der Waals surface area contributed by atoms with Crippen LogP contribution in [0.4, 0.5) is 4.39 Å². The first-order chi connectivity index (χ1) is 11.1. The third-order valence-electron chi connectivity index (χ3n) is 3.95. The van der Waals surface area contributed by atoms with E-state index in [0.717, 1.165) is 19.4 Å². The Hall–Kier alpha value is -1.89. The van der Waals surface area contributed by atoms with Crippen molar-refractivity contribution >= 4 is 17.7 Å². The van der Waals surface area contributed by atoms with E-state index in [-0.39, 0.29) is 34.4 Å². The van der Waals surface area contributed by atoms with E-state index in [0.29, 0.717) is 0 Å². The SMILES string of the molecule is C[C@@H]1CCCCN1C(=O)CSc1nnc(-c2ccccc2F)o1. The number of halogens is 1. The number of nitrogens with zero attached hydrogens (tertiary/aromatic N) is 3. The molecule has 0 unspecified atom stereocenters. The Labute approximate surface area is 138 Å². The molecule has 2 heterocycles. The number of hydrogen-bond donors (Lipinski definition) is 0. The Balaban J connectivity index is 1.61. The maximum Gasteiger partial charge on any atom is 0.277 e. The normalized spacial score (nSPS) is 18.2. The van der Waals surface area contributed by atoms with Crippen LogP contribution in [0.5, 0.6) is 0 Å². The molecule has 7 heteroatoms. The van der Waals surface area contributed by atoms with Crippen molar-refractivity contribution in [3.05, 3.63) is 30.1 Å². The van der Waals surface area contributed by atoms with E-state index in [4.69, 9.17) is 4.42 Å². The molecule has 1 fully saturated rings. The average molecular weight is 335 g/mol. The number of benzene rings is 1. The van der Waals surface area contributed by atoms with Crippen molar-refractivity contribution < 1.29 is 13.6 Å². The summed E-state index contributed by atoms with van der Waals surface area (Å²) in [5.41, 5.74) is 0.267. The monoisotopic (exact) mass is 335 g/mol. The van der Waals surface area contributed by atoms with Crippen LogP contribution in [0.25, 0.3) is 11.5 Å². The van der Waals surface area contributed by atoms with Crippen molar-refractivity contribution in [3.8, 4) is 11.5 Å². The lowest BCUT2D eigenvalue weighted by molar-refractivity contribution is -0.131. The first-order valence-corrected chi connectivity index (χ1v) is 8.64. The van der Waals surface area contributed by atoms with Crippen LogP contribution in [-0.2, 0) is 4.79 Å². The lowest BCUT2D eigenvalue weighted by Gasteiger charge is -2.33. The van der Waals surface area contributed by atoms with Gasteiger partial charge in [-0.25, -0.2) is 4.39 Å². The highest BCUT2D eigenvalue weighted by atomic mass is 32.2. The number of likely N-dealkylation sites (tertiary alicyclic amines) is 1. The molecule has 0 bridgehead atoms. The smallest absolute Gasteiger partial charge is 0.277 e. The van der Waals surface area contributed by atoms with Crippen LogP contribution >= 0.6 is 11.8 Å². The van der Waals surface area contributed by atoms with Gasteiger partial charge >= 0.3 is 0 Å². The number of hydrogen-bond acceptors (Lipinski definition) is 5. The molecule has 1 aromatic heterocycles. The molecule has 1 aliphatic rings. The third-order valence-corrected chi connectivity index (χ3v) is 4.76. The molecule has 23 heavy (non-hydrogen) atoms. The van der Waals surface area contributed by atoms with Crippen LogP contribution in [0.15, 0.2) is 33.9 Å².